The Balaban J connectivity index is 2.66. The lowest BCUT2D eigenvalue weighted by Gasteiger charge is -2.32. The molecule has 1 aliphatic rings. The molecule has 1 unspecified atom stereocenters. The van der Waals surface area contributed by atoms with Gasteiger partial charge in [-0.3, -0.25) is 0 Å². The van der Waals surface area contributed by atoms with E-state index in [-0.39, 0.29) is 12.5 Å². The Morgan fingerprint density at radius 2 is 1.56 bits per heavy atom. The monoisotopic (exact) mass is 286 g/mol. The largest absolute Gasteiger partial charge is 0.377 e. The Labute approximate surface area is 97.1 Å². The first-order valence-corrected chi connectivity index (χ1v) is 5.05. The molecule has 1 aliphatic heterocycles. The predicted octanol–water partition coefficient (Wildman–Crippen LogP) is 3.73. The summed E-state index contributed by atoms with van der Waals surface area (Å²) in [5.74, 6) is -17.3. The normalized spacial score (nSPS) is 21.5. The van der Waals surface area contributed by atoms with Crippen molar-refractivity contribution in [3.05, 3.63) is 0 Å². The average molecular weight is 286 g/mol. The molecular weight excluding hydrogens is 276 g/mol. The van der Waals surface area contributed by atoms with Crippen molar-refractivity contribution in [2.24, 2.45) is 0 Å². The summed E-state index contributed by atoms with van der Waals surface area (Å²) in [4.78, 5) is 0. The van der Waals surface area contributed by atoms with Gasteiger partial charge in [0, 0.05) is 6.42 Å². The highest BCUT2D eigenvalue weighted by Gasteiger charge is 2.74. The van der Waals surface area contributed by atoms with Crippen molar-refractivity contribution in [1.82, 2.24) is 0 Å². The molecule has 0 spiro atoms. The third kappa shape index (κ3) is 2.86. The van der Waals surface area contributed by atoms with Crippen molar-refractivity contribution in [2.75, 3.05) is 6.61 Å². The zero-order valence-corrected chi connectivity index (χ0v) is 8.92. The highest BCUT2D eigenvalue weighted by atomic mass is 19.4. The molecule has 0 bridgehead atoms. The topological polar surface area (TPSA) is 12.5 Å². The maximum absolute atomic E-state index is 12.9. The van der Waals surface area contributed by atoms with Crippen LogP contribution in [0.2, 0.25) is 0 Å². The second kappa shape index (κ2) is 4.82. The van der Waals surface area contributed by atoms with Gasteiger partial charge in [-0.05, 0) is 12.8 Å². The van der Waals surface area contributed by atoms with Crippen molar-refractivity contribution >= 4 is 0 Å². The Hall–Kier alpha value is -0.600. The summed E-state index contributed by atoms with van der Waals surface area (Å²) < 4.78 is 104. The van der Waals surface area contributed by atoms with Gasteiger partial charge in [0.25, 0.3) is 0 Å². The second-order valence-electron chi connectivity index (χ2n) is 4.05. The molecule has 1 rings (SSSR count). The lowest BCUT2D eigenvalue weighted by Crippen LogP contribution is -2.57. The van der Waals surface area contributed by atoms with Gasteiger partial charge in [-0.2, -0.15) is 26.3 Å². The first-order chi connectivity index (χ1) is 8.02. The number of halogens is 8. The molecule has 1 atom stereocenters. The Bertz CT molecular complexity index is 286. The van der Waals surface area contributed by atoms with E-state index in [1.54, 1.807) is 0 Å². The molecule has 0 aromatic carbocycles. The van der Waals surface area contributed by atoms with Gasteiger partial charge in [0.2, 0.25) is 0 Å². The van der Waals surface area contributed by atoms with Crippen molar-refractivity contribution < 1.29 is 39.9 Å². The van der Waals surface area contributed by atoms with Crippen LogP contribution < -0.4 is 0 Å². The molecule has 1 fully saturated rings. The summed E-state index contributed by atoms with van der Waals surface area (Å²) in [7, 11) is 0. The van der Waals surface area contributed by atoms with E-state index in [0.29, 0.717) is 6.61 Å². The third-order valence-corrected chi connectivity index (χ3v) is 2.57. The van der Waals surface area contributed by atoms with Crippen LogP contribution in [0.3, 0.4) is 0 Å². The number of alkyl halides is 8. The summed E-state index contributed by atoms with van der Waals surface area (Å²) in [6.45, 7) is 0.301. The zero-order chi connectivity index (χ0) is 14.2. The summed E-state index contributed by atoms with van der Waals surface area (Å²) in [6.07, 6.45) is -7.28. The molecule has 1 nitrogen and oxygen atoms in total. The molecule has 0 aliphatic carbocycles. The Kier molecular flexibility index (Phi) is 4.14. The maximum atomic E-state index is 12.9. The molecule has 0 aromatic heterocycles. The quantitative estimate of drug-likeness (QED) is 0.513. The van der Waals surface area contributed by atoms with Gasteiger partial charge in [-0.25, -0.2) is 8.78 Å². The molecule has 18 heavy (non-hydrogen) atoms. The second-order valence-corrected chi connectivity index (χ2v) is 4.05. The number of rotatable bonds is 7. The van der Waals surface area contributed by atoms with Gasteiger partial charge >= 0.3 is 24.2 Å². The fourth-order valence-corrected chi connectivity index (χ4v) is 1.32. The highest BCUT2D eigenvalue weighted by molar-refractivity contribution is 4.97. The molecular formula is C9H10F8O. The van der Waals surface area contributed by atoms with Crippen LogP contribution in [0.4, 0.5) is 35.1 Å². The SMILES string of the molecule is FC(F)C(F)(F)C(F)(F)C(F)(F)CCCC1CO1. The van der Waals surface area contributed by atoms with Crippen molar-refractivity contribution in [3.8, 4) is 0 Å². The van der Waals surface area contributed by atoms with E-state index in [4.69, 9.17) is 0 Å². The summed E-state index contributed by atoms with van der Waals surface area (Å²) in [6, 6.07) is 0. The van der Waals surface area contributed by atoms with Gasteiger partial charge in [-0.15, -0.1) is 0 Å². The van der Waals surface area contributed by atoms with Crippen LogP contribution in [0.5, 0.6) is 0 Å². The minimum atomic E-state index is -6.08. The maximum Gasteiger partial charge on any atom is 0.377 e. The minimum Gasteiger partial charge on any atom is -0.373 e. The Morgan fingerprint density at radius 3 is 1.94 bits per heavy atom. The van der Waals surface area contributed by atoms with Crippen molar-refractivity contribution in [2.45, 2.75) is 49.6 Å². The Morgan fingerprint density at radius 1 is 1.06 bits per heavy atom. The standard InChI is InChI=1S/C9H10F8O/c10-6(11)8(14,15)9(16,17)7(12,13)3-1-2-5-4-18-5/h5-6H,1-4H2. The molecule has 0 aromatic rings. The van der Waals surface area contributed by atoms with E-state index < -0.39 is 37.0 Å². The zero-order valence-electron chi connectivity index (χ0n) is 8.92. The predicted molar refractivity (Wildman–Crippen MR) is 44.4 cm³/mol. The van der Waals surface area contributed by atoms with Crippen LogP contribution in [0, 0.1) is 0 Å². The molecule has 0 radical (unpaired) electrons. The smallest absolute Gasteiger partial charge is 0.373 e. The van der Waals surface area contributed by atoms with Crippen LogP contribution in [0.1, 0.15) is 19.3 Å². The fraction of sp³-hybridized carbons (Fsp3) is 1.00. The lowest BCUT2D eigenvalue weighted by molar-refractivity contribution is -0.339. The summed E-state index contributed by atoms with van der Waals surface area (Å²) in [5.41, 5.74) is 0. The van der Waals surface area contributed by atoms with Crippen molar-refractivity contribution in [3.63, 3.8) is 0 Å². The van der Waals surface area contributed by atoms with E-state index in [1.165, 1.54) is 0 Å². The summed E-state index contributed by atoms with van der Waals surface area (Å²) >= 11 is 0. The molecule has 0 amide bonds. The molecule has 9 heteroatoms. The van der Waals surface area contributed by atoms with Gasteiger partial charge in [-0.1, -0.05) is 0 Å². The van der Waals surface area contributed by atoms with Crippen molar-refractivity contribution in [1.29, 1.82) is 0 Å². The van der Waals surface area contributed by atoms with Crippen LogP contribution in [-0.4, -0.2) is 36.9 Å². The highest BCUT2D eigenvalue weighted by Crippen LogP contribution is 2.50. The van der Waals surface area contributed by atoms with E-state index in [2.05, 4.69) is 4.74 Å². The van der Waals surface area contributed by atoms with E-state index in [0.717, 1.165) is 0 Å². The molecule has 1 heterocycles. The van der Waals surface area contributed by atoms with Gasteiger partial charge in [0.05, 0.1) is 12.7 Å². The van der Waals surface area contributed by atoms with Crippen LogP contribution in [0.15, 0.2) is 0 Å². The third-order valence-electron chi connectivity index (χ3n) is 2.57. The summed E-state index contributed by atoms with van der Waals surface area (Å²) in [5, 5.41) is 0. The number of hydrogen-bond acceptors (Lipinski definition) is 1. The minimum absolute atomic E-state index is 0.00587. The van der Waals surface area contributed by atoms with Gasteiger partial charge < -0.3 is 4.74 Å². The molecule has 0 N–H and O–H groups in total. The van der Waals surface area contributed by atoms with E-state index in [1.807, 2.05) is 0 Å². The van der Waals surface area contributed by atoms with Crippen LogP contribution >= 0.6 is 0 Å². The number of hydrogen-bond donors (Lipinski definition) is 0. The van der Waals surface area contributed by atoms with Crippen LogP contribution in [-0.2, 0) is 4.74 Å². The molecule has 108 valence electrons. The molecule has 0 saturated carbocycles. The number of ether oxygens (including phenoxy) is 1. The fourth-order valence-electron chi connectivity index (χ4n) is 1.32. The van der Waals surface area contributed by atoms with E-state index in [9.17, 15) is 35.1 Å². The number of epoxide rings is 1. The first kappa shape index (κ1) is 15.5. The average Bonchev–Trinajstić information content (AvgIpc) is 3.00. The molecule has 1 saturated heterocycles. The van der Waals surface area contributed by atoms with Crippen LogP contribution in [0.25, 0.3) is 0 Å². The first-order valence-electron chi connectivity index (χ1n) is 5.05. The van der Waals surface area contributed by atoms with Gasteiger partial charge in [0.15, 0.2) is 0 Å². The van der Waals surface area contributed by atoms with E-state index >= 15 is 0 Å². The lowest BCUT2D eigenvalue weighted by atomic mass is 9.99. The van der Waals surface area contributed by atoms with Gasteiger partial charge in [0.1, 0.15) is 0 Å².